The lowest BCUT2D eigenvalue weighted by molar-refractivity contribution is -0.191. The summed E-state index contributed by atoms with van der Waals surface area (Å²) in [5.74, 6) is 2.62. The first-order valence-electron chi connectivity index (χ1n) is 13.7. The van der Waals surface area contributed by atoms with Crippen LogP contribution in [0.2, 0.25) is 0 Å². The number of rotatable bonds is 7. The summed E-state index contributed by atoms with van der Waals surface area (Å²) >= 11 is 0. The number of carbonyl (C=O) groups excluding carboxylic acids is 1. The van der Waals surface area contributed by atoms with Crippen LogP contribution in [0, 0.1) is 40.4 Å². The molecule has 0 unspecified atom stereocenters. The average molecular weight is 500 g/mol. The molecule has 0 spiro atoms. The van der Waals surface area contributed by atoms with Gasteiger partial charge in [-0.25, -0.2) is 5.06 Å². The van der Waals surface area contributed by atoms with Crippen LogP contribution in [-0.4, -0.2) is 42.0 Å². The third-order valence-corrected chi connectivity index (χ3v) is 10.7. The predicted molar refractivity (Wildman–Crippen MR) is 129 cm³/mol. The van der Waals surface area contributed by atoms with Gasteiger partial charge in [0.15, 0.2) is 0 Å². The lowest BCUT2D eigenvalue weighted by Crippen LogP contribution is -2.50. The quantitative estimate of drug-likeness (QED) is 0.314. The number of hydrogen-bond acceptors (Lipinski definition) is 3. The summed E-state index contributed by atoms with van der Waals surface area (Å²) in [6.45, 7) is 6.70. The minimum Gasteiger partial charge on any atom is -0.393 e. The van der Waals surface area contributed by atoms with Gasteiger partial charge in [-0.3, -0.25) is 9.63 Å². The van der Waals surface area contributed by atoms with Crippen molar-refractivity contribution in [3.05, 3.63) is 11.6 Å². The largest absolute Gasteiger partial charge is 0.393 e. The van der Waals surface area contributed by atoms with Crippen molar-refractivity contribution in [2.24, 2.45) is 40.4 Å². The minimum atomic E-state index is -4.31. The molecule has 3 saturated carbocycles. The molecule has 8 atom stereocenters. The molecular weight excluding hydrogens is 455 g/mol. The van der Waals surface area contributed by atoms with E-state index in [2.05, 4.69) is 26.8 Å². The molecule has 4 aliphatic carbocycles. The summed E-state index contributed by atoms with van der Waals surface area (Å²) in [4.78, 5) is 17.5. The van der Waals surface area contributed by atoms with Crippen LogP contribution in [-0.2, 0) is 9.63 Å². The topological polar surface area (TPSA) is 49.8 Å². The number of hydrogen-bond donors (Lipinski definition) is 1. The van der Waals surface area contributed by atoms with Crippen LogP contribution in [0.3, 0.4) is 0 Å². The van der Waals surface area contributed by atoms with E-state index in [9.17, 15) is 23.1 Å². The van der Waals surface area contributed by atoms with Crippen LogP contribution in [0.25, 0.3) is 0 Å². The van der Waals surface area contributed by atoms with Crippen LogP contribution in [0.4, 0.5) is 13.2 Å². The number of halogens is 3. The van der Waals surface area contributed by atoms with Gasteiger partial charge in [0.05, 0.1) is 26.2 Å². The summed E-state index contributed by atoms with van der Waals surface area (Å²) in [7, 11) is 1.26. The Labute approximate surface area is 208 Å². The fourth-order valence-electron chi connectivity index (χ4n) is 8.84. The Balaban J connectivity index is 1.38. The van der Waals surface area contributed by atoms with Crippen molar-refractivity contribution in [2.75, 3.05) is 13.7 Å². The second-order valence-corrected chi connectivity index (χ2v) is 12.4. The van der Waals surface area contributed by atoms with Crippen LogP contribution < -0.4 is 0 Å². The summed E-state index contributed by atoms with van der Waals surface area (Å²) in [5, 5.41) is 11.1. The van der Waals surface area contributed by atoms with E-state index in [1.165, 1.54) is 38.4 Å². The molecule has 0 aromatic rings. The Hall–Kier alpha value is -1.08. The Morgan fingerprint density at radius 2 is 1.94 bits per heavy atom. The van der Waals surface area contributed by atoms with Gasteiger partial charge in [0.25, 0.3) is 0 Å². The summed E-state index contributed by atoms with van der Waals surface area (Å²) in [6, 6.07) is 0. The van der Waals surface area contributed by atoms with Crippen LogP contribution in [0.1, 0.15) is 91.4 Å². The van der Waals surface area contributed by atoms with Crippen LogP contribution in [0.5, 0.6) is 0 Å². The fraction of sp³-hybridized carbons (Fsp3) is 0.893. The first-order chi connectivity index (χ1) is 16.4. The normalized spacial score (nSPS) is 39.8. The number of nitrogens with zero attached hydrogens (tertiary/aromatic N) is 1. The molecule has 4 nitrogen and oxygen atoms in total. The monoisotopic (exact) mass is 499 g/mol. The van der Waals surface area contributed by atoms with Gasteiger partial charge in [0, 0.05) is 6.42 Å². The third kappa shape index (κ3) is 5.18. The van der Waals surface area contributed by atoms with E-state index in [1.54, 1.807) is 0 Å². The van der Waals surface area contributed by atoms with E-state index in [0.29, 0.717) is 36.0 Å². The number of carbonyl (C=O) groups is 1. The smallest absolute Gasteiger partial charge is 0.390 e. The summed E-state index contributed by atoms with van der Waals surface area (Å²) in [6.07, 6.45) is 6.67. The maximum atomic E-state index is 12.6. The SMILES string of the molecule is CON(CCC(F)(F)F)C(=O)CC[C@@H](C)[C@H]1CC[C@H]2[C@@H]3CC=C4C[C@@H](O)CC[C@]4(C)[C@H]3CC[C@]12C. The van der Waals surface area contributed by atoms with E-state index >= 15 is 0 Å². The van der Waals surface area contributed by atoms with Crippen LogP contribution >= 0.6 is 0 Å². The van der Waals surface area contributed by atoms with E-state index in [4.69, 9.17) is 4.84 Å². The molecule has 0 radical (unpaired) electrons. The Kier molecular flexibility index (Phi) is 7.70. The van der Waals surface area contributed by atoms with Crippen molar-refractivity contribution < 1.29 is 27.9 Å². The molecule has 0 aromatic carbocycles. The maximum Gasteiger partial charge on any atom is 0.390 e. The molecule has 7 heteroatoms. The molecule has 3 fully saturated rings. The summed E-state index contributed by atoms with van der Waals surface area (Å²) < 4.78 is 37.7. The number of alkyl halides is 3. The molecule has 1 amide bonds. The highest BCUT2D eigenvalue weighted by Gasteiger charge is 2.59. The zero-order valence-corrected chi connectivity index (χ0v) is 21.9. The minimum absolute atomic E-state index is 0.179. The van der Waals surface area contributed by atoms with Crippen molar-refractivity contribution in [2.45, 2.75) is 104 Å². The lowest BCUT2D eigenvalue weighted by atomic mass is 9.47. The second kappa shape index (κ2) is 10.00. The van der Waals surface area contributed by atoms with Crippen molar-refractivity contribution in [3.8, 4) is 0 Å². The second-order valence-electron chi connectivity index (χ2n) is 12.4. The number of aliphatic hydroxyl groups excluding tert-OH is 1. The highest BCUT2D eigenvalue weighted by molar-refractivity contribution is 5.75. The molecule has 200 valence electrons. The average Bonchev–Trinajstić information content (AvgIpc) is 3.15. The van der Waals surface area contributed by atoms with Gasteiger partial charge in [-0.2, -0.15) is 13.2 Å². The van der Waals surface area contributed by atoms with Gasteiger partial charge in [-0.05, 0) is 98.2 Å². The molecule has 35 heavy (non-hydrogen) atoms. The van der Waals surface area contributed by atoms with Crippen molar-refractivity contribution in [3.63, 3.8) is 0 Å². The number of amides is 1. The Bertz CT molecular complexity index is 814. The standard InChI is InChI=1S/C28H44F3NO3/c1-18(5-10-25(34)32(35-4)16-15-28(29,30)31)22-8-9-23-21-7-6-19-17-20(33)11-13-26(19,2)24(21)12-14-27(22,23)3/h6,18,20-24,33H,5,7-17H2,1-4H3/t18-,20+,21+,22-,23+,24+,26+,27-/m1/s1. The fourth-order valence-corrected chi connectivity index (χ4v) is 8.84. The molecule has 4 aliphatic rings. The van der Waals surface area contributed by atoms with Crippen molar-refractivity contribution in [1.82, 2.24) is 5.06 Å². The zero-order valence-electron chi connectivity index (χ0n) is 21.9. The molecule has 1 N–H and O–H groups in total. The molecular formula is C28H44F3NO3. The van der Waals surface area contributed by atoms with Gasteiger partial charge >= 0.3 is 6.18 Å². The number of allylic oxidation sites excluding steroid dienone is 1. The molecule has 0 aliphatic heterocycles. The molecule has 4 rings (SSSR count). The van der Waals surface area contributed by atoms with Crippen LogP contribution in [0.15, 0.2) is 11.6 Å². The van der Waals surface area contributed by atoms with Gasteiger partial charge in [-0.1, -0.05) is 32.4 Å². The predicted octanol–water partition coefficient (Wildman–Crippen LogP) is 6.69. The molecule has 0 saturated heterocycles. The van der Waals surface area contributed by atoms with Gasteiger partial charge < -0.3 is 5.11 Å². The van der Waals surface area contributed by atoms with Gasteiger partial charge in [0.1, 0.15) is 0 Å². The van der Waals surface area contributed by atoms with E-state index in [1.807, 2.05) is 0 Å². The number of aliphatic hydroxyl groups is 1. The first-order valence-corrected chi connectivity index (χ1v) is 13.7. The third-order valence-electron chi connectivity index (χ3n) is 10.7. The first kappa shape index (κ1) is 27.0. The highest BCUT2D eigenvalue weighted by Crippen LogP contribution is 2.67. The maximum absolute atomic E-state index is 12.6. The van der Waals surface area contributed by atoms with Crippen molar-refractivity contribution >= 4 is 5.91 Å². The van der Waals surface area contributed by atoms with Gasteiger partial charge in [-0.15, -0.1) is 0 Å². The molecule has 0 heterocycles. The number of fused-ring (bicyclic) bond motifs is 5. The Morgan fingerprint density at radius 1 is 1.20 bits per heavy atom. The highest BCUT2D eigenvalue weighted by atomic mass is 19.4. The van der Waals surface area contributed by atoms with E-state index < -0.39 is 19.1 Å². The molecule has 0 aromatic heterocycles. The van der Waals surface area contributed by atoms with E-state index in [-0.39, 0.29) is 29.3 Å². The zero-order chi connectivity index (χ0) is 25.6. The lowest BCUT2D eigenvalue weighted by Gasteiger charge is -2.58. The Morgan fingerprint density at radius 3 is 2.63 bits per heavy atom. The van der Waals surface area contributed by atoms with E-state index in [0.717, 1.165) is 30.7 Å². The van der Waals surface area contributed by atoms with Gasteiger partial charge in [0.2, 0.25) is 5.91 Å². The summed E-state index contributed by atoms with van der Waals surface area (Å²) in [5.41, 5.74) is 1.99. The number of hydroxylamine groups is 2. The van der Waals surface area contributed by atoms with Crippen molar-refractivity contribution in [1.29, 1.82) is 0 Å². The molecule has 0 bridgehead atoms.